The Bertz CT molecular complexity index is 804. The van der Waals surface area contributed by atoms with E-state index in [4.69, 9.17) is 27.9 Å². The molecule has 1 aromatic carbocycles. The molecule has 2 rings (SSSR count). The third-order valence-electron chi connectivity index (χ3n) is 3.54. The second kappa shape index (κ2) is 7.85. The van der Waals surface area contributed by atoms with Gasteiger partial charge in [0, 0.05) is 5.69 Å². The second-order valence-corrected chi connectivity index (χ2v) is 6.57. The number of halogens is 2. The molecule has 1 N–H and O–H groups in total. The third-order valence-corrected chi connectivity index (χ3v) is 4.11. The number of benzene rings is 1. The molecule has 25 heavy (non-hydrogen) atoms. The summed E-state index contributed by atoms with van der Waals surface area (Å²) in [6, 6.07) is 5.36. The van der Waals surface area contributed by atoms with Gasteiger partial charge < -0.3 is 10.1 Å². The lowest BCUT2D eigenvalue weighted by molar-refractivity contribution is -0.119. The van der Waals surface area contributed by atoms with E-state index in [2.05, 4.69) is 10.3 Å². The first-order chi connectivity index (χ1) is 11.7. The maximum Gasteiger partial charge on any atom is 0.342 e. The molecule has 0 aliphatic carbocycles. The van der Waals surface area contributed by atoms with Crippen LogP contribution in [0.2, 0.25) is 10.2 Å². The van der Waals surface area contributed by atoms with Crippen molar-refractivity contribution in [3.63, 3.8) is 0 Å². The van der Waals surface area contributed by atoms with Crippen LogP contribution in [0, 0.1) is 27.7 Å². The molecule has 0 atom stereocenters. The van der Waals surface area contributed by atoms with Crippen molar-refractivity contribution in [2.24, 2.45) is 0 Å². The Morgan fingerprint density at radius 3 is 2.36 bits per heavy atom. The maximum atomic E-state index is 12.2. The van der Waals surface area contributed by atoms with Gasteiger partial charge in [0.1, 0.15) is 5.15 Å². The van der Waals surface area contributed by atoms with Crippen LogP contribution in [0.4, 0.5) is 5.69 Å². The van der Waals surface area contributed by atoms with Crippen molar-refractivity contribution in [2.45, 2.75) is 27.7 Å². The molecular weight excluding hydrogens is 363 g/mol. The molecule has 5 nitrogen and oxygen atoms in total. The Kier molecular flexibility index (Phi) is 6.03. The van der Waals surface area contributed by atoms with Crippen LogP contribution < -0.4 is 5.32 Å². The number of anilines is 1. The molecule has 2 aromatic rings. The van der Waals surface area contributed by atoms with Crippen molar-refractivity contribution in [3.05, 3.63) is 56.3 Å². The van der Waals surface area contributed by atoms with E-state index in [1.807, 2.05) is 19.9 Å². The number of rotatable bonds is 4. The van der Waals surface area contributed by atoms with Crippen molar-refractivity contribution < 1.29 is 14.3 Å². The summed E-state index contributed by atoms with van der Waals surface area (Å²) in [5, 5.41) is 3.14. The van der Waals surface area contributed by atoms with E-state index in [-0.39, 0.29) is 10.7 Å². The zero-order valence-corrected chi connectivity index (χ0v) is 15.9. The second-order valence-electron chi connectivity index (χ2n) is 5.81. The molecule has 0 bridgehead atoms. The molecule has 1 aromatic heterocycles. The Hall–Kier alpha value is -2.11. The fourth-order valence-corrected chi connectivity index (χ4v) is 3.22. The predicted octanol–water partition coefficient (Wildman–Crippen LogP) is 4.42. The van der Waals surface area contributed by atoms with Gasteiger partial charge in [-0.3, -0.25) is 4.79 Å². The molecule has 0 aliphatic rings. The first-order valence-corrected chi connectivity index (χ1v) is 8.32. The van der Waals surface area contributed by atoms with Crippen LogP contribution in [0.3, 0.4) is 0 Å². The topological polar surface area (TPSA) is 68.3 Å². The number of amides is 1. The average molecular weight is 381 g/mol. The van der Waals surface area contributed by atoms with Gasteiger partial charge in [0.05, 0.1) is 16.3 Å². The van der Waals surface area contributed by atoms with Gasteiger partial charge in [0.2, 0.25) is 0 Å². The van der Waals surface area contributed by atoms with Crippen molar-refractivity contribution in [1.82, 2.24) is 4.98 Å². The first-order valence-electron chi connectivity index (χ1n) is 7.56. The highest BCUT2D eigenvalue weighted by atomic mass is 35.5. The molecule has 0 saturated carbocycles. The number of nitrogens with one attached hydrogen (secondary N) is 1. The number of esters is 1. The lowest BCUT2D eigenvalue weighted by Gasteiger charge is -2.12. The van der Waals surface area contributed by atoms with Crippen LogP contribution in [0.15, 0.2) is 18.2 Å². The Labute approximate surface area is 156 Å². The van der Waals surface area contributed by atoms with E-state index >= 15 is 0 Å². The number of aryl methyl sites for hydroxylation is 4. The third kappa shape index (κ3) is 4.71. The van der Waals surface area contributed by atoms with Gasteiger partial charge in [-0.2, -0.15) is 0 Å². The molecule has 0 unspecified atom stereocenters. The van der Waals surface area contributed by atoms with E-state index in [0.29, 0.717) is 22.0 Å². The number of hydrogen-bond donors (Lipinski definition) is 1. The smallest absolute Gasteiger partial charge is 0.342 e. The predicted molar refractivity (Wildman–Crippen MR) is 98.6 cm³/mol. The minimum atomic E-state index is -0.697. The van der Waals surface area contributed by atoms with Crippen molar-refractivity contribution in [1.29, 1.82) is 0 Å². The molecule has 0 fully saturated rings. The minimum absolute atomic E-state index is 0.0559. The van der Waals surface area contributed by atoms with E-state index in [9.17, 15) is 9.59 Å². The number of carbonyl (C=O) groups excluding carboxylic acids is 2. The van der Waals surface area contributed by atoms with Crippen molar-refractivity contribution in [3.8, 4) is 0 Å². The SMILES string of the molecule is Cc1cc(C)c(NC(=O)COC(=O)c2c(C)cc(C)nc2Cl)c(Cl)c1. The van der Waals surface area contributed by atoms with Crippen LogP contribution in [0.25, 0.3) is 0 Å². The number of pyridine rings is 1. The molecule has 1 heterocycles. The molecule has 7 heteroatoms. The van der Waals surface area contributed by atoms with Gasteiger partial charge >= 0.3 is 5.97 Å². The molecule has 132 valence electrons. The zero-order valence-electron chi connectivity index (χ0n) is 14.4. The summed E-state index contributed by atoms with van der Waals surface area (Å²) in [5.41, 5.74) is 3.81. The summed E-state index contributed by atoms with van der Waals surface area (Å²) in [4.78, 5) is 28.3. The lowest BCUT2D eigenvalue weighted by Crippen LogP contribution is -2.22. The van der Waals surface area contributed by atoms with E-state index in [1.165, 1.54) is 0 Å². The van der Waals surface area contributed by atoms with E-state index < -0.39 is 18.5 Å². The lowest BCUT2D eigenvalue weighted by atomic mass is 10.1. The van der Waals surface area contributed by atoms with Crippen LogP contribution in [0.1, 0.15) is 32.7 Å². The molecule has 0 saturated heterocycles. The summed E-state index contributed by atoms with van der Waals surface area (Å²) in [5.74, 6) is -1.19. The van der Waals surface area contributed by atoms with E-state index in [0.717, 1.165) is 11.1 Å². The largest absolute Gasteiger partial charge is 0.452 e. The van der Waals surface area contributed by atoms with Gasteiger partial charge in [0.25, 0.3) is 5.91 Å². The summed E-state index contributed by atoms with van der Waals surface area (Å²) in [7, 11) is 0. The Morgan fingerprint density at radius 1 is 1.08 bits per heavy atom. The highest BCUT2D eigenvalue weighted by molar-refractivity contribution is 6.34. The highest BCUT2D eigenvalue weighted by Gasteiger charge is 2.18. The highest BCUT2D eigenvalue weighted by Crippen LogP contribution is 2.27. The van der Waals surface area contributed by atoms with Gasteiger partial charge in [-0.25, -0.2) is 9.78 Å². The van der Waals surface area contributed by atoms with Crippen LogP contribution in [-0.4, -0.2) is 23.5 Å². The number of aromatic nitrogens is 1. The fraction of sp³-hybridized carbons (Fsp3) is 0.278. The summed E-state index contributed by atoms with van der Waals surface area (Å²) < 4.78 is 5.05. The number of hydrogen-bond acceptors (Lipinski definition) is 4. The molecule has 0 aliphatic heterocycles. The molecule has 0 spiro atoms. The first kappa shape index (κ1) is 19.2. The summed E-state index contributed by atoms with van der Waals surface area (Å²) in [6.45, 7) is 6.80. The van der Waals surface area contributed by atoms with Gasteiger partial charge in [-0.15, -0.1) is 0 Å². The number of ether oxygens (including phenoxy) is 1. The van der Waals surface area contributed by atoms with Gasteiger partial charge in [-0.1, -0.05) is 29.3 Å². The molecule has 0 radical (unpaired) electrons. The molecular formula is C18H18Cl2N2O3. The van der Waals surface area contributed by atoms with Gasteiger partial charge in [0.15, 0.2) is 6.61 Å². The maximum absolute atomic E-state index is 12.2. The van der Waals surface area contributed by atoms with Crippen molar-refractivity contribution >= 4 is 40.8 Å². The van der Waals surface area contributed by atoms with E-state index in [1.54, 1.807) is 26.0 Å². The quantitative estimate of drug-likeness (QED) is 0.629. The van der Waals surface area contributed by atoms with Crippen LogP contribution in [-0.2, 0) is 9.53 Å². The van der Waals surface area contributed by atoms with Crippen LogP contribution >= 0.6 is 23.2 Å². The summed E-state index contributed by atoms with van der Waals surface area (Å²) >= 11 is 12.1. The monoisotopic (exact) mass is 380 g/mol. The van der Waals surface area contributed by atoms with Crippen molar-refractivity contribution in [2.75, 3.05) is 11.9 Å². The average Bonchev–Trinajstić information content (AvgIpc) is 2.47. The zero-order chi connectivity index (χ0) is 18.7. The fourth-order valence-electron chi connectivity index (χ4n) is 2.49. The Morgan fingerprint density at radius 2 is 1.76 bits per heavy atom. The number of carbonyl (C=O) groups is 2. The van der Waals surface area contributed by atoms with Crippen LogP contribution in [0.5, 0.6) is 0 Å². The summed E-state index contributed by atoms with van der Waals surface area (Å²) in [6.07, 6.45) is 0. The standard InChI is InChI=1S/C18H18Cl2N2O3/c1-9-5-11(3)16(13(19)6-9)22-14(23)8-25-18(24)15-10(2)7-12(4)21-17(15)20/h5-7H,8H2,1-4H3,(H,22,23). The number of nitrogens with zero attached hydrogens (tertiary/aromatic N) is 1. The normalized spacial score (nSPS) is 10.5. The molecule has 1 amide bonds. The minimum Gasteiger partial charge on any atom is -0.452 e. The van der Waals surface area contributed by atoms with Gasteiger partial charge in [-0.05, 0) is 56.5 Å². The Balaban J connectivity index is 2.05.